The highest BCUT2D eigenvalue weighted by atomic mass is 35.5. The number of nitrogens with zero attached hydrogens (tertiary/aromatic N) is 4. The molecule has 0 saturated carbocycles. The van der Waals surface area contributed by atoms with Gasteiger partial charge in [0.05, 0.1) is 11.3 Å². The van der Waals surface area contributed by atoms with E-state index in [-0.39, 0.29) is 34.5 Å². The van der Waals surface area contributed by atoms with E-state index in [1.54, 1.807) is 44.3 Å². The highest BCUT2D eigenvalue weighted by Crippen LogP contribution is 2.26. The maximum Gasteiger partial charge on any atom is 0.277 e. The van der Waals surface area contributed by atoms with Crippen molar-refractivity contribution in [3.8, 4) is 17.3 Å². The van der Waals surface area contributed by atoms with Crippen LogP contribution in [0.15, 0.2) is 64.6 Å². The average Bonchev–Trinajstić information content (AvgIpc) is 2.82. The van der Waals surface area contributed by atoms with Crippen LogP contribution in [0.3, 0.4) is 0 Å². The summed E-state index contributed by atoms with van der Waals surface area (Å²) in [5.74, 6) is -0.163. The van der Waals surface area contributed by atoms with Crippen molar-refractivity contribution in [3.63, 3.8) is 0 Å². The van der Waals surface area contributed by atoms with E-state index in [4.69, 9.17) is 16.3 Å². The van der Waals surface area contributed by atoms with Crippen molar-refractivity contribution in [1.82, 2.24) is 19.1 Å². The number of aliphatic hydroxyl groups is 1. The van der Waals surface area contributed by atoms with Crippen LogP contribution in [-0.2, 0) is 12.2 Å². The molecule has 0 fully saturated rings. The third-order valence-electron chi connectivity index (χ3n) is 5.65. The number of ether oxygens (including phenoxy) is 1. The average molecular weight is 511 g/mol. The van der Waals surface area contributed by atoms with E-state index in [0.717, 1.165) is 0 Å². The Bertz CT molecular complexity index is 1570. The molecule has 8 nitrogen and oxygen atoms in total. The van der Waals surface area contributed by atoms with Gasteiger partial charge in [-0.25, -0.2) is 9.37 Å². The quantitative estimate of drug-likeness (QED) is 0.421. The van der Waals surface area contributed by atoms with Crippen LogP contribution < -0.4 is 15.9 Å². The van der Waals surface area contributed by atoms with E-state index < -0.39 is 22.5 Å². The molecule has 1 N–H and O–H groups in total. The zero-order valence-electron chi connectivity index (χ0n) is 20.1. The minimum Gasteiger partial charge on any atom is -0.485 e. The topological polar surface area (TPSA) is 99.2 Å². The van der Waals surface area contributed by atoms with Gasteiger partial charge in [0.15, 0.2) is 0 Å². The lowest BCUT2D eigenvalue weighted by Crippen LogP contribution is -2.31. The lowest BCUT2D eigenvalue weighted by Gasteiger charge is -2.19. The minimum atomic E-state index is -1.34. The summed E-state index contributed by atoms with van der Waals surface area (Å²) in [6.45, 7) is 6.33. The number of hydrogen-bond acceptors (Lipinski definition) is 6. The van der Waals surface area contributed by atoms with Crippen LogP contribution in [0.2, 0.25) is 5.02 Å². The Morgan fingerprint density at radius 2 is 1.86 bits per heavy atom. The number of rotatable bonds is 6. The molecule has 186 valence electrons. The molecule has 0 bridgehead atoms. The van der Waals surface area contributed by atoms with Gasteiger partial charge in [0.25, 0.3) is 11.1 Å². The van der Waals surface area contributed by atoms with Gasteiger partial charge in [-0.2, -0.15) is 0 Å². The first-order valence-corrected chi connectivity index (χ1v) is 11.4. The molecule has 36 heavy (non-hydrogen) atoms. The Hall–Kier alpha value is -3.82. The van der Waals surface area contributed by atoms with Gasteiger partial charge in [-0.05, 0) is 57.5 Å². The van der Waals surface area contributed by atoms with Gasteiger partial charge in [-0.1, -0.05) is 11.6 Å². The van der Waals surface area contributed by atoms with Crippen molar-refractivity contribution >= 4 is 11.6 Å². The van der Waals surface area contributed by atoms with E-state index in [1.807, 2.05) is 0 Å². The summed E-state index contributed by atoms with van der Waals surface area (Å²) < 4.78 is 22.2. The molecular weight excluding hydrogens is 487 g/mol. The predicted molar refractivity (Wildman–Crippen MR) is 134 cm³/mol. The first-order chi connectivity index (χ1) is 17.0. The molecule has 0 saturated heterocycles. The van der Waals surface area contributed by atoms with Crippen LogP contribution >= 0.6 is 11.6 Å². The second kappa shape index (κ2) is 9.67. The van der Waals surface area contributed by atoms with Gasteiger partial charge in [0.1, 0.15) is 34.7 Å². The summed E-state index contributed by atoms with van der Waals surface area (Å²) in [6.07, 6.45) is 4.52. The Kier molecular flexibility index (Phi) is 6.79. The van der Waals surface area contributed by atoms with Gasteiger partial charge in [0.2, 0.25) is 0 Å². The Balaban J connectivity index is 1.77. The van der Waals surface area contributed by atoms with Crippen LogP contribution in [-0.4, -0.2) is 24.2 Å². The molecule has 10 heteroatoms. The summed E-state index contributed by atoms with van der Waals surface area (Å²) in [5.41, 5.74) is -0.407. The van der Waals surface area contributed by atoms with E-state index >= 15 is 0 Å². The van der Waals surface area contributed by atoms with Crippen molar-refractivity contribution < 1.29 is 14.2 Å². The molecule has 4 heterocycles. The van der Waals surface area contributed by atoms with Crippen LogP contribution in [0.25, 0.3) is 11.5 Å². The highest BCUT2D eigenvalue weighted by Gasteiger charge is 2.22. The standard InChI is InChI=1S/C26H24ClFN4O4/c1-15-13-30-22(31-10-6-7-17(24(31)33)26(3,4)35)12-20(15)32-16(2)11-21(23(27)25(32)34)36-14-19-18(28)8-5-9-29-19/h5-13,35H,14H2,1-4H3. The molecule has 0 unspecified atom stereocenters. The normalized spacial score (nSPS) is 11.5. The predicted octanol–water partition coefficient (Wildman–Crippen LogP) is 3.99. The Morgan fingerprint density at radius 1 is 1.11 bits per heavy atom. The monoisotopic (exact) mass is 510 g/mol. The van der Waals surface area contributed by atoms with E-state index in [0.29, 0.717) is 16.9 Å². The van der Waals surface area contributed by atoms with E-state index in [1.165, 1.54) is 47.5 Å². The number of halogens is 2. The van der Waals surface area contributed by atoms with Gasteiger partial charge >= 0.3 is 0 Å². The second-order valence-corrected chi connectivity index (χ2v) is 9.19. The zero-order chi connectivity index (χ0) is 26.2. The first-order valence-electron chi connectivity index (χ1n) is 11.1. The molecule has 0 atom stereocenters. The lowest BCUT2D eigenvalue weighted by atomic mass is 10.0. The number of pyridine rings is 4. The summed E-state index contributed by atoms with van der Waals surface area (Å²) in [4.78, 5) is 34.6. The molecule has 4 aromatic heterocycles. The SMILES string of the molecule is Cc1cnc(-n2cccc(C(C)(C)O)c2=O)cc1-n1c(C)cc(OCc2ncccc2F)c(Cl)c1=O. The van der Waals surface area contributed by atoms with Gasteiger partial charge in [-0.15, -0.1) is 0 Å². The molecule has 0 aromatic carbocycles. The minimum absolute atomic E-state index is 0.0868. The molecule has 0 amide bonds. The molecule has 0 aliphatic heterocycles. The summed E-state index contributed by atoms with van der Waals surface area (Å²) in [6, 6.07) is 9.10. The zero-order valence-corrected chi connectivity index (χ0v) is 20.9. The molecule has 4 rings (SSSR count). The van der Waals surface area contributed by atoms with Crippen LogP contribution in [0.1, 0.15) is 36.4 Å². The third kappa shape index (κ3) is 4.80. The maximum absolute atomic E-state index is 13.9. The second-order valence-electron chi connectivity index (χ2n) is 8.81. The van der Waals surface area contributed by atoms with Gasteiger partial charge < -0.3 is 9.84 Å². The van der Waals surface area contributed by atoms with E-state index in [2.05, 4.69) is 9.97 Å². The molecule has 0 aliphatic carbocycles. The van der Waals surface area contributed by atoms with Gasteiger partial charge in [-0.3, -0.25) is 23.7 Å². The fraction of sp³-hybridized carbons (Fsp3) is 0.231. The molecular formula is C26H24ClFN4O4. The summed E-state index contributed by atoms with van der Waals surface area (Å²) >= 11 is 6.36. The smallest absolute Gasteiger partial charge is 0.277 e. The first kappa shape index (κ1) is 25.3. The van der Waals surface area contributed by atoms with Crippen LogP contribution in [0.5, 0.6) is 5.75 Å². The van der Waals surface area contributed by atoms with Gasteiger partial charge in [0, 0.05) is 42.0 Å². The van der Waals surface area contributed by atoms with E-state index in [9.17, 15) is 19.1 Å². The molecule has 0 aliphatic rings. The van der Waals surface area contributed by atoms with Crippen LogP contribution in [0.4, 0.5) is 4.39 Å². The van der Waals surface area contributed by atoms with Crippen LogP contribution in [0, 0.1) is 19.7 Å². The Morgan fingerprint density at radius 3 is 2.56 bits per heavy atom. The van der Waals surface area contributed by atoms with Crippen molar-refractivity contribution in [3.05, 3.63) is 109 Å². The molecule has 0 spiro atoms. The summed E-state index contributed by atoms with van der Waals surface area (Å²) in [5, 5.41) is 10.2. The van der Waals surface area contributed by atoms with Crippen molar-refractivity contribution in [2.45, 2.75) is 39.9 Å². The lowest BCUT2D eigenvalue weighted by molar-refractivity contribution is 0.0767. The summed E-state index contributed by atoms with van der Waals surface area (Å²) in [7, 11) is 0. The number of aromatic nitrogens is 4. The fourth-order valence-corrected chi connectivity index (χ4v) is 3.97. The van der Waals surface area contributed by atoms with Crippen molar-refractivity contribution in [1.29, 1.82) is 0 Å². The fourth-order valence-electron chi connectivity index (χ4n) is 3.77. The number of hydrogen-bond donors (Lipinski definition) is 1. The molecule has 0 radical (unpaired) electrons. The Labute approximate surface area is 211 Å². The highest BCUT2D eigenvalue weighted by molar-refractivity contribution is 6.31. The van der Waals surface area contributed by atoms with Crippen molar-refractivity contribution in [2.75, 3.05) is 0 Å². The molecule has 4 aromatic rings. The maximum atomic E-state index is 13.9. The number of aryl methyl sites for hydroxylation is 2. The third-order valence-corrected chi connectivity index (χ3v) is 6.00. The van der Waals surface area contributed by atoms with Crippen molar-refractivity contribution in [2.24, 2.45) is 0 Å². The largest absolute Gasteiger partial charge is 0.485 e.